The van der Waals surface area contributed by atoms with E-state index in [1.54, 1.807) is 12.3 Å². The molecule has 2 rings (SSSR count). The highest BCUT2D eigenvalue weighted by Gasteiger charge is 2.02. The molecule has 0 bridgehead atoms. The summed E-state index contributed by atoms with van der Waals surface area (Å²) in [4.78, 5) is 3.94. The topological polar surface area (TPSA) is 38.9 Å². The van der Waals surface area contributed by atoms with Gasteiger partial charge in [-0.2, -0.15) is 0 Å². The first kappa shape index (κ1) is 11.6. The van der Waals surface area contributed by atoms with Gasteiger partial charge in [-0.15, -0.1) is 0 Å². The third kappa shape index (κ3) is 3.03. The molecule has 2 nitrogen and oxygen atoms in total. The molecule has 17 heavy (non-hydrogen) atoms. The highest BCUT2D eigenvalue weighted by Crippen LogP contribution is 2.14. The summed E-state index contributed by atoms with van der Waals surface area (Å²) in [6.45, 7) is 2.00. The van der Waals surface area contributed by atoms with Crippen LogP contribution in [0.5, 0.6) is 0 Å². The molecule has 1 heterocycles. The van der Waals surface area contributed by atoms with E-state index in [2.05, 4.69) is 4.98 Å². The third-order valence-corrected chi connectivity index (χ3v) is 2.84. The Hall–Kier alpha value is -1.90. The second kappa shape index (κ2) is 4.95. The number of aryl methyl sites for hydroxylation is 3. The first-order valence-corrected chi connectivity index (χ1v) is 5.60. The molecule has 0 radical (unpaired) electrons. The molecule has 0 atom stereocenters. The maximum absolute atomic E-state index is 13.1. The van der Waals surface area contributed by atoms with Crippen molar-refractivity contribution in [3.05, 3.63) is 59.0 Å². The third-order valence-electron chi connectivity index (χ3n) is 2.84. The zero-order valence-corrected chi connectivity index (χ0v) is 9.78. The molecule has 2 N–H and O–H groups in total. The summed E-state index contributed by atoms with van der Waals surface area (Å²) in [5.74, 6) is 0.346. The van der Waals surface area contributed by atoms with Crippen LogP contribution in [0.4, 0.5) is 10.2 Å². The molecule has 88 valence electrons. The number of benzene rings is 1. The molecular formula is C14H15FN2. The monoisotopic (exact) mass is 230 g/mol. The van der Waals surface area contributed by atoms with Gasteiger partial charge in [0, 0.05) is 6.20 Å². The number of nitrogens with two attached hydrogens (primary N) is 1. The van der Waals surface area contributed by atoms with Gasteiger partial charge >= 0.3 is 0 Å². The van der Waals surface area contributed by atoms with Crippen molar-refractivity contribution in [3.63, 3.8) is 0 Å². The minimum absolute atomic E-state index is 0.181. The molecule has 0 saturated carbocycles. The number of nitrogen functional groups attached to an aromatic ring is 1. The normalized spacial score (nSPS) is 10.5. The first-order valence-electron chi connectivity index (χ1n) is 5.60. The van der Waals surface area contributed by atoms with Crippen LogP contribution >= 0.6 is 0 Å². The fourth-order valence-electron chi connectivity index (χ4n) is 1.84. The van der Waals surface area contributed by atoms with E-state index in [0.29, 0.717) is 5.82 Å². The van der Waals surface area contributed by atoms with Gasteiger partial charge in [0.15, 0.2) is 0 Å². The van der Waals surface area contributed by atoms with Crippen LogP contribution in [0.15, 0.2) is 36.5 Å². The maximum atomic E-state index is 13.1. The van der Waals surface area contributed by atoms with Gasteiger partial charge in [0.2, 0.25) is 0 Å². The number of aromatic nitrogens is 1. The van der Waals surface area contributed by atoms with E-state index in [9.17, 15) is 4.39 Å². The number of hydrogen-bond donors (Lipinski definition) is 1. The van der Waals surface area contributed by atoms with Crippen molar-refractivity contribution in [1.82, 2.24) is 4.98 Å². The highest BCUT2D eigenvalue weighted by molar-refractivity contribution is 5.33. The van der Waals surface area contributed by atoms with E-state index in [0.717, 1.165) is 29.5 Å². The SMILES string of the molecule is Cc1ccc(F)cc1CCc1ccnc(N)c1. The lowest BCUT2D eigenvalue weighted by molar-refractivity contribution is 0.624. The van der Waals surface area contributed by atoms with Crippen molar-refractivity contribution < 1.29 is 4.39 Å². The van der Waals surface area contributed by atoms with E-state index >= 15 is 0 Å². The van der Waals surface area contributed by atoms with Crippen LogP contribution in [0.1, 0.15) is 16.7 Å². The summed E-state index contributed by atoms with van der Waals surface area (Å²) in [5.41, 5.74) is 8.90. The van der Waals surface area contributed by atoms with Crippen molar-refractivity contribution in [2.24, 2.45) is 0 Å². The Morgan fingerprint density at radius 1 is 1.18 bits per heavy atom. The van der Waals surface area contributed by atoms with Crippen LogP contribution < -0.4 is 5.73 Å². The Morgan fingerprint density at radius 2 is 2.00 bits per heavy atom. The largest absolute Gasteiger partial charge is 0.384 e. The van der Waals surface area contributed by atoms with Crippen molar-refractivity contribution in [1.29, 1.82) is 0 Å². The highest BCUT2D eigenvalue weighted by atomic mass is 19.1. The Bertz CT molecular complexity index is 523. The Morgan fingerprint density at radius 3 is 2.76 bits per heavy atom. The Kier molecular flexibility index (Phi) is 3.38. The molecule has 0 aliphatic rings. The maximum Gasteiger partial charge on any atom is 0.123 e. The zero-order valence-electron chi connectivity index (χ0n) is 9.78. The van der Waals surface area contributed by atoms with Gasteiger partial charge < -0.3 is 5.73 Å². The molecule has 0 unspecified atom stereocenters. The number of nitrogens with zero attached hydrogens (tertiary/aromatic N) is 1. The van der Waals surface area contributed by atoms with E-state index < -0.39 is 0 Å². The number of pyridine rings is 1. The fraction of sp³-hybridized carbons (Fsp3) is 0.214. The van der Waals surface area contributed by atoms with Gasteiger partial charge in [-0.05, 0) is 60.7 Å². The number of halogens is 1. The van der Waals surface area contributed by atoms with Crippen LogP contribution in [0.25, 0.3) is 0 Å². The van der Waals surface area contributed by atoms with Gasteiger partial charge in [-0.3, -0.25) is 0 Å². The first-order chi connectivity index (χ1) is 8.15. The second-order valence-corrected chi connectivity index (χ2v) is 4.16. The number of rotatable bonds is 3. The lowest BCUT2D eigenvalue weighted by Gasteiger charge is -2.06. The van der Waals surface area contributed by atoms with Crippen molar-refractivity contribution in [3.8, 4) is 0 Å². The summed E-state index contributed by atoms with van der Waals surface area (Å²) >= 11 is 0. The minimum Gasteiger partial charge on any atom is -0.384 e. The summed E-state index contributed by atoms with van der Waals surface area (Å²) in [6, 6.07) is 8.69. The van der Waals surface area contributed by atoms with E-state index in [4.69, 9.17) is 5.73 Å². The molecule has 1 aromatic heterocycles. The summed E-state index contributed by atoms with van der Waals surface area (Å²) in [7, 11) is 0. The zero-order chi connectivity index (χ0) is 12.3. The van der Waals surface area contributed by atoms with Gasteiger partial charge in [0.05, 0.1) is 0 Å². The molecule has 0 aliphatic carbocycles. The minimum atomic E-state index is -0.181. The molecule has 0 aliphatic heterocycles. The molecule has 3 heteroatoms. The number of hydrogen-bond acceptors (Lipinski definition) is 2. The molecule has 0 spiro atoms. The quantitative estimate of drug-likeness (QED) is 0.880. The smallest absolute Gasteiger partial charge is 0.123 e. The molecule has 0 amide bonds. The second-order valence-electron chi connectivity index (χ2n) is 4.16. The predicted octanol–water partition coefficient (Wildman–Crippen LogP) is 2.90. The lowest BCUT2D eigenvalue weighted by Crippen LogP contribution is -1.97. The van der Waals surface area contributed by atoms with E-state index in [1.807, 2.05) is 25.1 Å². The summed E-state index contributed by atoms with van der Waals surface area (Å²) in [5, 5.41) is 0. The fourth-order valence-corrected chi connectivity index (χ4v) is 1.84. The molecular weight excluding hydrogens is 215 g/mol. The van der Waals surface area contributed by atoms with Crippen molar-refractivity contribution in [2.75, 3.05) is 5.73 Å². The van der Waals surface area contributed by atoms with E-state index in [-0.39, 0.29) is 5.82 Å². The van der Waals surface area contributed by atoms with Gasteiger partial charge in [0.1, 0.15) is 11.6 Å². The van der Waals surface area contributed by atoms with Crippen LogP contribution in [-0.2, 0) is 12.8 Å². The van der Waals surface area contributed by atoms with E-state index in [1.165, 1.54) is 6.07 Å². The number of anilines is 1. The van der Waals surface area contributed by atoms with Gasteiger partial charge in [-0.25, -0.2) is 9.37 Å². The van der Waals surface area contributed by atoms with Gasteiger partial charge in [0.25, 0.3) is 0 Å². The van der Waals surface area contributed by atoms with Crippen LogP contribution in [0.3, 0.4) is 0 Å². The summed E-state index contributed by atoms with van der Waals surface area (Å²) < 4.78 is 13.1. The molecule has 0 fully saturated rings. The molecule has 0 saturated heterocycles. The standard InChI is InChI=1S/C14H15FN2/c1-10-2-5-13(15)9-12(10)4-3-11-6-7-17-14(16)8-11/h2,5-9H,3-4H2,1H3,(H2,16,17). The average molecular weight is 230 g/mol. The Balaban J connectivity index is 2.09. The van der Waals surface area contributed by atoms with Crippen molar-refractivity contribution >= 4 is 5.82 Å². The van der Waals surface area contributed by atoms with Gasteiger partial charge in [-0.1, -0.05) is 6.07 Å². The van der Waals surface area contributed by atoms with Crippen LogP contribution in [-0.4, -0.2) is 4.98 Å². The Labute approximate surface area is 100 Å². The molecule has 1 aromatic carbocycles. The predicted molar refractivity (Wildman–Crippen MR) is 67.2 cm³/mol. The molecule has 2 aromatic rings. The van der Waals surface area contributed by atoms with Crippen LogP contribution in [0, 0.1) is 12.7 Å². The average Bonchev–Trinajstić information content (AvgIpc) is 2.30. The van der Waals surface area contributed by atoms with Crippen molar-refractivity contribution in [2.45, 2.75) is 19.8 Å². The summed E-state index contributed by atoms with van der Waals surface area (Å²) in [6.07, 6.45) is 3.35. The lowest BCUT2D eigenvalue weighted by atomic mass is 10.0. The van der Waals surface area contributed by atoms with Crippen LogP contribution in [0.2, 0.25) is 0 Å².